The Kier molecular flexibility index (Phi) is 8.32. The molecule has 0 aliphatic carbocycles. The van der Waals surface area contributed by atoms with E-state index in [9.17, 15) is 4.79 Å². The van der Waals surface area contributed by atoms with Gasteiger partial charge in [-0.15, -0.1) is 9.32 Å². The third-order valence-corrected chi connectivity index (χ3v) is 5.02. The molecule has 28 heavy (non-hydrogen) atoms. The van der Waals surface area contributed by atoms with E-state index in [2.05, 4.69) is 45.6 Å². The Balaban J connectivity index is 1.40. The van der Waals surface area contributed by atoms with Gasteiger partial charge in [-0.3, -0.25) is 9.69 Å². The van der Waals surface area contributed by atoms with E-state index in [1.165, 1.54) is 5.56 Å². The minimum absolute atomic E-state index is 0.140. The molecule has 150 valence electrons. The zero-order valence-corrected chi connectivity index (χ0v) is 17.0. The van der Waals surface area contributed by atoms with Crippen LogP contribution in [0.5, 0.6) is 0 Å². The van der Waals surface area contributed by atoms with Crippen LogP contribution in [0, 0.1) is 0 Å². The Morgan fingerprint density at radius 1 is 1.04 bits per heavy atom. The highest BCUT2D eigenvalue weighted by molar-refractivity contribution is 7.93. The molecular formula is C21H27N3O3S. The van der Waals surface area contributed by atoms with Gasteiger partial charge in [-0.2, -0.15) is 0 Å². The van der Waals surface area contributed by atoms with Crippen LogP contribution in [0.2, 0.25) is 0 Å². The molecule has 6 nitrogen and oxygen atoms in total. The van der Waals surface area contributed by atoms with Gasteiger partial charge in [0.25, 0.3) is 0 Å². The highest BCUT2D eigenvalue weighted by atomic mass is 32.2. The summed E-state index contributed by atoms with van der Waals surface area (Å²) >= 11 is 1.10. The van der Waals surface area contributed by atoms with Crippen molar-refractivity contribution in [2.75, 3.05) is 44.5 Å². The van der Waals surface area contributed by atoms with Crippen molar-refractivity contribution in [3.8, 4) is 0 Å². The van der Waals surface area contributed by atoms with Gasteiger partial charge in [-0.1, -0.05) is 42.5 Å². The molecule has 0 aromatic heterocycles. The van der Waals surface area contributed by atoms with Gasteiger partial charge in [0.1, 0.15) is 0 Å². The summed E-state index contributed by atoms with van der Waals surface area (Å²) in [6, 6.07) is 17.8. The first-order chi connectivity index (χ1) is 13.7. The standard InChI is InChI=1S/C21H27N3O3S/c1-28-27-26-22-20-9-5-8-19(16-20)21(25)10-11-23-12-14-24(15-13-23)17-18-6-3-2-4-7-18/h2-9,16,22H,10-15,17H2,1H3. The Hall–Kier alpha value is -1.90. The predicted molar refractivity (Wildman–Crippen MR) is 113 cm³/mol. The Labute approximate surface area is 170 Å². The normalized spacial score (nSPS) is 15.5. The highest BCUT2D eigenvalue weighted by Crippen LogP contribution is 2.14. The van der Waals surface area contributed by atoms with E-state index < -0.39 is 0 Å². The summed E-state index contributed by atoms with van der Waals surface area (Å²) < 4.78 is 4.72. The lowest BCUT2D eigenvalue weighted by atomic mass is 10.1. The topological polar surface area (TPSA) is 54.0 Å². The summed E-state index contributed by atoms with van der Waals surface area (Å²) in [5.74, 6) is 0.140. The van der Waals surface area contributed by atoms with Crippen molar-refractivity contribution < 1.29 is 14.1 Å². The second-order valence-electron chi connectivity index (χ2n) is 6.78. The molecule has 0 unspecified atom stereocenters. The average Bonchev–Trinajstić information content (AvgIpc) is 2.74. The van der Waals surface area contributed by atoms with Gasteiger partial charge in [-0.25, -0.2) is 5.48 Å². The number of Topliss-reactive ketones (excluding diaryl/α,β-unsaturated/α-hetero) is 1. The smallest absolute Gasteiger partial charge is 0.164 e. The van der Waals surface area contributed by atoms with E-state index in [4.69, 9.17) is 9.32 Å². The fourth-order valence-electron chi connectivity index (χ4n) is 3.27. The summed E-state index contributed by atoms with van der Waals surface area (Å²) in [6.45, 7) is 5.87. The quantitative estimate of drug-likeness (QED) is 0.214. The number of carbonyl (C=O) groups is 1. The zero-order valence-electron chi connectivity index (χ0n) is 16.2. The summed E-state index contributed by atoms with van der Waals surface area (Å²) in [6.07, 6.45) is 2.27. The lowest BCUT2D eigenvalue weighted by molar-refractivity contribution is -0.160. The zero-order chi connectivity index (χ0) is 19.6. The molecule has 1 aliphatic rings. The third kappa shape index (κ3) is 6.61. The van der Waals surface area contributed by atoms with Crippen LogP contribution in [-0.4, -0.2) is 54.6 Å². The van der Waals surface area contributed by atoms with E-state index in [-0.39, 0.29) is 5.78 Å². The molecule has 2 aromatic carbocycles. The number of nitrogens with one attached hydrogen (secondary N) is 1. The lowest BCUT2D eigenvalue weighted by Gasteiger charge is -2.34. The number of hydrogen-bond donors (Lipinski definition) is 1. The van der Waals surface area contributed by atoms with Crippen molar-refractivity contribution in [1.29, 1.82) is 0 Å². The third-order valence-electron chi connectivity index (χ3n) is 4.82. The number of nitrogens with zero attached hydrogens (tertiary/aromatic N) is 2. The van der Waals surface area contributed by atoms with Crippen LogP contribution in [0.3, 0.4) is 0 Å². The molecule has 1 aliphatic heterocycles. The molecule has 7 heteroatoms. The molecule has 1 heterocycles. The van der Waals surface area contributed by atoms with E-state index in [1.807, 2.05) is 18.2 Å². The average molecular weight is 402 g/mol. The van der Waals surface area contributed by atoms with Crippen LogP contribution in [0.1, 0.15) is 22.3 Å². The van der Waals surface area contributed by atoms with Gasteiger partial charge in [0.2, 0.25) is 0 Å². The van der Waals surface area contributed by atoms with Crippen molar-refractivity contribution >= 4 is 23.5 Å². The minimum atomic E-state index is 0.140. The number of ketones is 1. The first kappa shape index (κ1) is 20.8. The van der Waals surface area contributed by atoms with Gasteiger partial charge >= 0.3 is 0 Å². The molecule has 0 radical (unpaired) electrons. The molecule has 0 spiro atoms. The van der Waals surface area contributed by atoms with Gasteiger partial charge in [0, 0.05) is 69.6 Å². The molecule has 3 rings (SSSR count). The van der Waals surface area contributed by atoms with Crippen LogP contribution >= 0.6 is 12.0 Å². The molecule has 0 atom stereocenters. The van der Waals surface area contributed by atoms with Crippen LogP contribution in [0.4, 0.5) is 5.69 Å². The summed E-state index contributed by atoms with van der Waals surface area (Å²) in [7, 11) is 0. The van der Waals surface area contributed by atoms with Crippen molar-refractivity contribution in [2.24, 2.45) is 0 Å². The van der Waals surface area contributed by atoms with Gasteiger partial charge in [-0.05, 0) is 17.7 Å². The summed E-state index contributed by atoms with van der Waals surface area (Å²) in [5, 5.41) is 0. The first-order valence-corrected chi connectivity index (χ1v) is 10.6. The number of carbonyl (C=O) groups excluding carboxylic acids is 1. The molecule has 1 fully saturated rings. The van der Waals surface area contributed by atoms with Gasteiger partial charge in [0.05, 0.1) is 5.69 Å². The van der Waals surface area contributed by atoms with Crippen LogP contribution in [0.25, 0.3) is 0 Å². The fourth-order valence-corrected chi connectivity index (χ4v) is 3.37. The van der Waals surface area contributed by atoms with Crippen molar-refractivity contribution in [1.82, 2.24) is 9.80 Å². The maximum Gasteiger partial charge on any atom is 0.164 e. The first-order valence-electron chi connectivity index (χ1n) is 9.49. The van der Waals surface area contributed by atoms with Crippen LogP contribution in [0.15, 0.2) is 54.6 Å². The Morgan fingerprint density at radius 3 is 2.54 bits per heavy atom. The Bertz CT molecular complexity index is 737. The molecule has 0 bridgehead atoms. The van der Waals surface area contributed by atoms with E-state index in [1.54, 1.807) is 12.3 Å². The van der Waals surface area contributed by atoms with Gasteiger partial charge < -0.3 is 4.90 Å². The highest BCUT2D eigenvalue weighted by Gasteiger charge is 2.18. The second kappa shape index (κ2) is 11.2. The van der Waals surface area contributed by atoms with E-state index in [0.29, 0.717) is 17.7 Å². The summed E-state index contributed by atoms with van der Waals surface area (Å²) in [4.78, 5) is 22.2. The number of anilines is 1. The molecule has 2 aromatic rings. The van der Waals surface area contributed by atoms with E-state index in [0.717, 1.165) is 51.3 Å². The second-order valence-corrected chi connectivity index (χ2v) is 7.25. The predicted octanol–water partition coefficient (Wildman–Crippen LogP) is 3.63. The van der Waals surface area contributed by atoms with E-state index >= 15 is 0 Å². The lowest BCUT2D eigenvalue weighted by Crippen LogP contribution is -2.46. The maximum absolute atomic E-state index is 12.5. The van der Waals surface area contributed by atoms with Crippen LogP contribution < -0.4 is 5.48 Å². The molecule has 1 saturated heterocycles. The van der Waals surface area contributed by atoms with Crippen LogP contribution in [-0.2, 0) is 15.9 Å². The molecule has 1 N–H and O–H groups in total. The summed E-state index contributed by atoms with van der Waals surface area (Å²) in [5.41, 5.74) is 5.38. The monoisotopic (exact) mass is 401 g/mol. The number of benzene rings is 2. The molecule has 0 saturated carbocycles. The fraction of sp³-hybridized carbons (Fsp3) is 0.381. The number of rotatable bonds is 10. The Morgan fingerprint density at radius 2 is 1.79 bits per heavy atom. The number of hydrogen-bond acceptors (Lipinski definition) is 7. The minimum Gasteiger partial charge on any atom is -0.300 e. The van der Waals surface area contributed by atoms with Crippen molar-refractivity contribution in [2.45, 2.75) is 13.0 Å². The maximum atomic E-state index is 12.5. The SMILES string of the molecule is CSOONc1cccc(C(=O)CCN2CCN(Cc3ccccc3)CC2)c1. The number of piperazine rings is 1. The van der Waals surface area contributed by atoms with Crippen molar-refractivity contribution in [3.63, 3.8) is 0 Å². The van der Waals surface area contributed by atoms with Crippen molar-refractivity contribution in [3.05, 3.63) is 65.7 Å². The molecule has 0 amide bonds. The largest absolute Gasteiger partial charge is 0.300 e. The van der Waals surface area contributed by atoms with Gasteiger partial charge in [0.15, 0.2) is 5.78 Å². The molecular weight excluding hydrogens is 374 g/mol.